The first-order chi connectivity index (χ1) is 8.09. The van der Waals surface area contributed by atoms with Gasteiger partial charge < -0.3 is 0 Å². The zero-order chi connectivity index (χ0) is 12.3. The minimum atomic E-state index is -2.60. The third-order valence-electron chi connectivity index (χ3n) is 2.31. The number of nitrogens with zero attached hydrogens (tertiary/aromatic N) is 1. The van der Waals surface area contributed by atoms with Gasteiger partial charge in [-0.25, -0.2) is 8.60 Å². The number of benzene rings is 2. The van der Waals surface area contributed by atoms with Crippen LogP contribution in [0.2, 0.25) is 0 Å². The average molecular weight is 249 g/mol. The van der Waals surface area contributed by atoms with Crippen molar-refractivity contribution >= 4 is 15.4 Å². The summed E-state index contributed by atoms with van der Waals surface area (Å²) < 4.78 is 29.8. The Morgan fingerprint density at radius 3 is 2.24 bits per heavy atom. The normalized spacial score (nSPS) is 14.0. The highest BCUT2D eigenvalue weighted by atomic mass is 32.2. The molecule has 2 rings (SSSR count). The Bertz CT molecular complexity index is 631. The van der Waals surface area contributed by atoms with E-state index in [4.69, 9.17) is 0 Å². The zero-order valence-corrected chi connectivity index (χ0v) is 10.2. The number of rotatable bonds is 2. The first-order valence-corrected chi connectivity index (χ1v) is 7.04. The SMILES string of the molecule is C[S@](=O)(=Nc1ccccc1F)c1ccccc1. The van der Waals surface area contributed by atoms with E-state index in [1.807, 2.05) is 6.07 Å². The van der Waals surface area contributed by atoms with Gasteiger partial charge in [0.2, 0.25) is 0 Å². The Kier molecular flexibility index (Phi) is 3.24. The van der Waals surface area contributed by atoms with Crippen molar-refractivity contribution in [2.24, 2.45) is 4.36 Å². The minimum absolute atomic E-state index is 0.129. The van der Waals surface area contributed by atoms with Crippen LogP contribution in [0.3, 0.4) is 0 Å². The monoisotopic (exact) mass is 249 g/mol. The van der Waals surface area contributed by atoms with Crippen LogP contribution in [-0.2, 0) is 9.73 Å². The standard InChI is InChI=1S/C13H12FNOS/c1-17(16,11-7-3-2-4-8-11)15-13-10-6-5-9-12(13)14/h2-10H,1H3/t17-/m1/s1. The Morgan fingerprint density at radius 1 is 1.00 bits per heavy atom. The van der Waals surface area contributed by atoms with Crippen molar-refractivity contribution in [3.8, 4) is 0 Å². The molecular weight excluding hydrogens is 237 g/mol. The Balaban J connectivity index is 2.54. The van der Waals surface area contributed by atoms with E-state index in [0.717, 1.165) is 0 Å². The third kappa shape index (κ3) is 2.71. The summed E-state index contributed by atoms with van der Waals surface area (Å²) in [7, 11) is -2.60. The van der Waals surface area contributed by atoms with Crippen LogP contribution in [0, 0.1) is 5.82 Å². The van der Waals surface area contributed by atoms with Crippen LogP contribution in [0.4, 0.5) is 10.1 Å². The maximum Gasteiger partial charge on any atom is 0.149 e. The molecule has 2 aromatic carbocycles. The van der Waals surface area contributed by atoms with Gasteiger partial charge in [-0.15, -0.1) is 0 Å². The zero-order valence-electron chi connectivity index (χ0n) is 9.34. The van der Waals surface area contributed by atoms with Gasteiger partial charge in [0.25, 0.3) is 0 Å². The van der Waals surface area contributed by atoms with Gasteiger partial charge in [0.15, 0.2) is 0 Å². The highest BCUT2D eigenvalue weighted by Gasteiger charge is 2.07. The highest BCUT2D eigenvalue weighted by Crippen LogP contribution is 2.21. The summed E-state index contributed by atoms with van der Waals surface area (Å²) in [6, 6.07) is 14.9. The van der Waals surface area contributed by atoms with Gasteiger partial charge >= 0.3 is 0 Å². The molecule has 88 valence electrons. The molecule has 0 aliphatic heterocycles. The number of hydrogen-bond donors (Lipinski definition) is 0. The van der Waals surface area contributed by atoms with Gasteiger partial charge in [0.05, 0.1) is 9.73 Å². The quantitative estimate of drug-likeness (QED) is 0.799. The molecular formula is C13H12FNOS. The molecule has 0 spiro atoms. The maximum absolute atomic E-state index is 13.4. The van der Waals surface area contributed by atoms with E-state index in [0.29, 0.717) is 4.90 Å². The summed E-state index contributed by atoms with van der Waals surface area (Å²) in [6.07, 6.45) is 1.51. The molecule has 0 unspecified atom stereocenters. The fourth-order valence-electron chi connectivity index (χ4n) is 1.44. The van der Waals surface area contributed by atoms with Gasteiger partial charge in [-0.1, -0.05) is 30.3 Å². The Hall–Kier alpha value is -1.68. The summed E-state index contributed by atoms with van der Waals surface area (Å²) in [5.41, 5.74) is 0.129. The summed E-state index contributed by atoms with van der Waals surface area (Å²) in [5.74, 6) is -0.460. The van der Waals surface area contributed by atoms with Crippen molar-refractivity contribution in [3.63, 3.8) is 0 Å². The largest absolute Gasteiger partial charge is 0.245 e. The molecule has 0 N–H and O–H groups in total. The maximum atomic E-state index is 13.4. The van der Waals surface area contributed by atoms with E-state index < -0.39 is 15.5 Å². The van der Waals surface area contributed by atoms with Gasteiger partial charge in [-0.05, 0) is 24.3 Å². The Morgan fingerprint density at radius 2 is 1.59 bits per heavy atom. The molecule has 0 amide bonds. The fourth-order valence-corrected chi connectivity index (χ4v) is 2.73. The number of halogens is 1. The molecule has 0 fully saturated rings. The first-order valence-electron chi connectivity index (χ1n) is 5.11. The van der Waals surface area contributed by atoms with Crippen molar-refractivity contribution in [1.82, 2.24) is 0 Å². The molecule has 0 saturated heterocycles. The molecule has 0 bridgehead atoms. The van der Waals surface area contributed by atoms with Crippen molar-refractivity contribution in [1.29, 1.82) is 0 Å². The van der Waals surface area contributed by atoms with Crippen LogP contribution in [0.25, 0.3) is 0 Å². The molecule has 2 nitrogen and oxygen atoms in total. The van der Waals surface area contributed by atoms with Crippen LogP contribution in [0.5, 0.6) is 0 Å². The van der Waals surface area contributed by atoms with Crippen LogP contribution >= 0.6 is 0 Å². The highest BCUT2D eigenvalue weighted by molar-refractivity contribution is 7.93. The summed E-state index contributed by atoms with van der Waals surface area (Å²) in [5, 5.41) is 0. The second kappa shape index (κ2) is 4.67. The van der Waals surface area contributed by atoms with Crippen molar-refractivity contribution in [2.45, 2.75) is 4.90 Å². The molecule has 0 radical (unpaired) electrons. The molecule has 0 heterocycles. The van der Waals surface area contributed by atoms with Crippen molar-refractivity contribution in [2.75, 3.05) is 6.26 Å². The first kappa shape index (κ1) is 11.8. The lowest BCUT2D eigenvalue weighted by Gasteiger charge is -2.04. The number of hydrogen-bond acceptors (Lipinski definition) is 2. The molecule has 0 aromatic heterocycles. The summed E-state index contributed by atoms with van der Waals surface area (Å²) in [6.45, 7) is 0. The lowest BCUT2D eigenvalue weighted by molar-refractivity contribution is 0.629. The van der Waals surface area contributed by atoms with E-state index in [-0.39, 0.29) is 5.69 Å². The third-order valence-corrected chi connectivity index (χ3v) is 4.00. The van der Waals surface area contributed by atoms with Crippen LogP contribution in [0.1, 0.15) is 0 Å². The molecule has 0 aliphatic carbocycles. The summed E-state index contributed by atoms with van der Waals surface area (Å²) >= 11 is 0. The smallest absolute Gasteiger partial charge is 0.149 e. The van der Waals surface area contributed by atoms with Crippen LogP contribution in [0.15, 0.2) is 63.9 Å². The molecule has 17 heavy (non-hydrogen) atoms. The topological polar surface area (TPSA) is 29.4 Å². The lowest BCUT2D eigenvalue weighted by atomic mass is 10.3. The van der Waals surface area contributed by atoms with Gasteiger partial charge in [-0.2, -0.15) is 4.36 Å². The van der Waals surface area contributed by atoms with Gasteiger partial charge in [0, 0.05) is 11.2 Å². The molecule has 2 aromatic rings. The van der Waals surface area contributed by atoms with E-state index in [1.165, 1.54) is 18.4 Å². The predicted molar refractivity (Wildman–Crippen MR) is 67.3 cm³/mol. The summed E-state index contributed by atoms with van der Waals surface area (Å²) in [4.78, 5) is 0.600. The molecule has 4 heteroatoms. The van der Waals surface area contributed by atoms with E-state index in [9.17, 15) is 8.60 Å². The van der Waals surface area contributed by atoms with E-state index in [1.54, 1.807) is 36.4 Å². The fraction of sp³-hybridized carbons (Fsp3) is 0.0769. The van der Waals surface area contributed by atoms with Gasteiger partial charge in [0.1, 0.15) is 11.5 Å². The average Bonchev–Trinajstić information content (AvgIpc) is 2.33. The molecule has 0 aliphatic rings. The van der Waals surface area contributed by atoms with Crippen LogP contribution < -0.4 is 0 Å². The van der Waals surface area contributed by atoms with E-state index >= 15 is 0 Å². The molecule has 0 saturated carbocycles. The van der Waals surface area contributed by atoms with Crippen molar-refractivity contribution in [3.05, 3.63) is 60.4 Å². The predicted octanol–water partition coefficient (Wildman–Crippen LogP) is 3.61. The lowest BCUT2D eigenvalue weighted by Crippen LogP contribution is -1.96. The van der Waals surface area contributed by atoms with Crippen LogP contribution in [-0.4, -0.2) is 10.5 Å². The van der Waals surface area contributed by atoms with E-state index in [2.05, 4.69) is 4.36 Å². The van der Waals surface area contributed by atoms with Gasteiger partial charge in [-0.3, -0.25) is 0 Å². The second-order valence-corrected chi connectivity index (χ2v) is 5.92. The van der Waals surface area contributed by atoms with Crippen molar-refractivity contribution < 1.29 is 8.60 Å². The second-order valence-electron chi connectivity index (χ2n) is 3.66. The Labute approximate surface area is 100 Å². The minimum Gasteiger partial charge on any atom is -0.245 e. The molecule has 1 atom stereocenters.